The molecule has 32 heavy (non-hydrogen) atoms. The van der Waals surface area contributed by atoms with Crippen molar-refractivity contribution in [3.8, 4) is 17.1 Å². The molecule has 4 aromatic rings. The van der Waals surface area contributed by atoms with Crippen LogP contribution in [0.5, 0.6) is 0 Å². The van der Waals surface area contributed by atoms with Gasteiger partial charge in [-0.05, 0) is 64.1 Å². The Balaban J connectivity index is 1.70. The summed E-state index contributed by atoms with van der Waals surface area (Å²) in [5, 5.41) is 10.9. The Morgan fingerprint density at radius 3 is 2.66 bits per heavy atom. The monoisotopic (exact) mass is 455 g/mol. The van der Waals surface area contributed by atoms with E-state index < -0.39 is 11.7 Å². The molecular formula is C23H23ClFN5O2. The maximum Gasteiger partial charge on any atom is 0.407 e. The molecule has 0 saturated heterocycles. The van der Waals surface area contributed by atoms with Gasteiger partial charge in [0.2, 0.25) is 0 Å². The zero-order valence-electron chi connectivity index (χ0n) is 18.2. The predicted octanol–water partition coefficient (Wildman–Crippen LogP) is 5.54. The number of benzene rings is 1. The van der Waals surface area contributed by atoms with E-state index in [2.05, 4.69) is 20.5 Å². The zero-order valence-corrected chi connectivity index (χ0v) is 18.9. The predicted molar refractivity (Wildman–Crippen MR) is 121 cm³/mol. The van der Waals surface area contributed by atoms with Gasteiger partial charge >= 0.3 is 6.09 Å². The van der Waals surface area contributed by atoms with Crippen LogP contribution in [0.3, 0.4) is 0 Å². The van der Waals surface area contributed by atoms with Crippen LogP contribution in [0.15, 0.2) is 42.6 Å². The van der Waals surface area contributed by atoms with Crippen LogP contribution in [0.4, 0.5) is 9.18 Å². The summed E-state index contributed by atoms with van der Waals surface area (Å²) in [7, 11) is 0. The molecule has 166 valence electrons. The van der Waals surface area contributed by atoms with E-state index in [1.165, 1.54) is 12.1 Å². The van der Waals surface area contributed by atoms with Crippen molar-refractivity contribution < 1.29 is 13.9 Å². The first-order chi connectivity index (χ1) is 15.1. The number of amides is 1. The molecule has 1 aromatic carbocycles. The van der Waals surface area contributed by atoms with Crippen molar-refractivity contribution in [2.75, 3.05) is 0 Å². The van der Waals surface area contributed by atoms with Crippen molar-refractivity contribution >= 4 is 28.6 Å². The number of hydrogen-bond donors (Lipinski definition) is 2. The maximum absolute atomic E-state index is 13.9. The van der Waals surface area contributed by atoms with Gasteiger partial charge in [0, 0.05) is 11.1 Å². The zero-order chi connectivity index (χ0) is 23.0. The van der Waals surface area contributed by atoms with Crippen molar-refractivity contribution in [2.24, 2.45) is 0 Å². The molecule has 0 fully saturated rings. The number of aromatic nitrogens is 4. The van der Waals surface area contributed by atoms with Gasteiger partial charge in [0.25, 0.3) is 0 Å². The highest BCUT2D eigenvalue weighted by molar-refractivity contribution is 6.38. The summed E-state index contributed by atoms with van der Waals surface area (Å²) in [5.74, 6) is -0.372. The Bertz CT molecular complexity index is 1290. The van der Waals surface area contributed by atoms with Crippen LogP contribution < -0.4 is 5.32 Å². The second-order valence-electron chi connectivity index (χ2n) is 8.46. The molecule has 0 atom stereocenters. The quantitative estimate of drug-likeness (QED) is 0.423. The van der Waals surface area contributed by atoms with E-state index in [1.54, 1.807) is 39.1 Å². The average Bonchev–Trinajstić information content (AvgIpc) is 3.26. The third kappa shape index (κ3) is 4.45. The molecule has 4 rings (SSSR count). The number of nitrogens with one attached hydrogen (secondary N) is 2. The Hall–Kier alpha value is -3.39. The van der Waals surface area contributed by atoms with Gasteiger partial charge in [-0.2, -0.15) is 5.10 Å². The first kappa shape index (κ1) is 21.8. The molecule has 9 heteroatoms. The highest BCUT2D eigenvalue weighted by atomic mass is 35.5. The van der Waals surface area contributed by atoms with E-state index in [9.17, 15) is 9.18 Å². The summed E-state index contributed by atoms with van der Waals surface area (Å²) in [5.41, 5.74) is 3.69. The summed E-state index contributed by atoms with van der Waals surface area (Å²) in [4.78, 5) is 16.3. The van der Waals surface area contributed by atoms with Gasteiger partial charge in [0.1, 0.15) is 17.1 Å². The normalized spacial score (nSPS) is 11.7. The van der Waals surface area contributed by atoms with Crippen LogP contribution in [0.2, 0.25) is 5.02 Å². The van der Waals surface area contributed by atoms with Gasteiger partial charge in [-0.3, -0.25) is 10.1 Å². The summed E-state index contributed by atoms with van der Waals surface area (Å²) in [6, 6.07) is 10.0. The van der Waals surface area contributed by atoms with Gasteiger partial charge in [-0.25, -0.2) is 9.18 Å². The topological polar surface area (TPSA) is 84.8 Å². The van der Waals surface area contributed by atoms with E-state index in [4.69, 9.17) is 16.3 Å². The first-order valence-corrected chi connectivity index (χ1v) is 10.4. The molecule has 0 unspecified atom stereocenters. The number of rotatable bonds is 4. The van der Waals surface area contributed by atoms with Gasteiger partial charge < -0.3 is 14.6 Å². The minimum atomic E-state index is -0.573. The summed E-state index contributed by atoms with van der Waals surface area (Å²) in [6.07, 6.45) is 1.17. The van der Waals surface area contributed by atoms with Crippen LogP contribution in [0.1, 0.15) is 32.2 Å². The number of nitrogens with zero attached hydrogens (tertiary/aromatic N) is 3. The molecule has 1 amide bonds. The largest absolute Gasteiger partial charge is 0.444 e. The molecular weight excluding hydrogens is 433 g/mol. The number of alkyl carbamates (subject to hydrolysis) is 1. The van der Waals surface area contributed by atoms with Gasteiger partial charge in [0.15, 0.2) is 0 Å². The standard InChI is InChI=1S/C23H23ClFN5O2/c1-13-9-18(29-28-13)21-20(24)17-10-14(25)5-8-19(17)30(21)16-7-6-15(26-12-16)11-27-22(31)32-23(2,3)4/h5-10,12H,11H2,1-4H3,(H,27,31)(H,28,29). The first-order valence-electron chi connectivity index (χ1n) is 10.1. The summed E-state index contributed by atoms with van der Waals surface area (Å²) in [6.45, 7) is 7.52. The minimum absolute atomic E-state index is 0.221. The minimum Gasteiger partial charge on any atom is -0.444 e. The molecule has 0 spiro atoms. The van der Waals surface area contributed by atoms with E-state index in [0.717, 1.165) is 16.9 Å². The van der Waals surface area contributed by atoms with Crippen LogP contribution in [0.25, 0.3) is 28.0 Å². The lowest BCUT2D eigenvalue weighted by Crippen LogP contribution is -2.32. The molecule has 7 nitrogen and oxygen atoms in total. The number of pyridine rings is 1. The molecule has 0 aliphatic carbocycles. The SMILES string of the molecule is Cc1cc(-c2c(Cl)c3cc(F)ccc3n2-c2ccc(CNC(=O)OC(C)(C)C)nc2)n[nH]1. The van der Waals surface area contributed by atoms with Crippen LogP contribution in [-0.2, 0) is 11.3 Å². The molecule has 0 aliphatic heterocycles. The number of ether oxygens (including phenoxy) is 1. The molecule has 3 aromatic heterocycles. The molecule has 0 saturated carbocycles. The van der Waals surface area contributed by atoms with Crippen LogP contribution in [0, 0.1) is 12.7 Å². The lowest BCUT2D eigenvalue weighted by atomic mass is 10.2. The lowest BCUT2D eigenvalue weighted by Gasteiger charge is -2.19. The Labute approximate surface area is 189 Å². The van der Waals surface area contributed by atoms with E-state index in [1.807, 2.05) is 23.6 Å². The highest BCUT2D eigenvalue weighted by Gasteiger charge is 2.21. The van der Waals surface area contributed by atoms with Crippen molar-refractivity contribution in [1.29, 1.82) is 0 Å². The average molecular weight is 456 g/mol. The second kappa shape index (κ2) is 8.27. The van der Waals surface area contributed by atoms with Crippen molar-refractivity contribution in [2.45, 2.75) is 39.8 Å². The number of aryl methyl sites for hydroxylation is 1. The van der Waals surface area contributed by atoms with Crippen LogP contribution in [-0.4, -0.2) is 31.4 Å². The Morgan fingerprint density at radius 1 is 1.25 bits per heavy atom. The number of fused-ring (bicyclic) bond motifs is 1. The van der Waals surface area contributed by atoms with E-state index >= 15 is 0 Å². The number of H-pyrrole nitrogens is 1. The van der Waals surface area contributed by atoms with Crippen LogP contribution >= 0.6 is 11.6 Å². The van der Waals surface area contributed by atoms with Gasteiger partial charge in [-0.15, -0.1) is 0 Å². The Kier molecular flexibility index (Phi) is 5.64. The highest BCUT2D eigenvalue weighted by Crippen LogP contribution is 2.39. The molecule has 0 aliphatic rings. The molecule has 2 N–H and O–H groups in total. The third-order valence-electron chi connectivity index (χ3n) is 4.70. The Morgan fingerprint density at radius 2 is 2.03 bits per heavy atom. The van der Waals surface area contributed by atoms with Crippen molar-refractivity contribution in [1.82, 2.24) is 25.1 Å². The van der Waals surface area contributed by atoms with Gasteiger partial charge in [-0.1, -0.05) is 11.6 Å². The molecule has 3 heterocycles. The number of hydrogen-bond acceptors (Lipinski definition) is 4. The maximum atomic E-state index is 13.9. The van der Waals surface area contributed by atoms with Crippen molar-refractivity contribution in [3.63, 3.8) is 0 Å². The molecule has 0 radical (unpaired) electrons. The number of halogens is 2. The smallest absolute Gasteiger partial charge is 0.407 e. The number of aromatic amines is 1. The summed E-state index contributed by atoms with van der Waals surface area (Å²) >= 11 is 6.67. The van der Waals surface area contributed by atoms with Crippen molar-refractivity contribution in [3.05, 3.63) is 64.8 Å². The number of carbonyl (C=O) groups is 1. The fourth-order valence-corrected chi connectivity index (χ4v) is 3.72. The fourth-order valence-electron chi connectivity index (χ4n) is 3.39. The second-order valence-corrected chi connectivity index (χ2v) is 8.84. The molecule has 0 bridgehead atoms. The fraction of sp³-hybridized carbons (Fsp3) is 0.261. The third-order valence-corrected chi connectivity index (χ3v) is 5.08. The van der Waals surface area contributed by atoms with E-state index in [0.29, 0.717) is 27.5 Å². The van der Waals surface area contributed by atoms with E-state index in [-0.39, 0.29) is 12.4 Å². The van der Waals surface area contributed by atoms with Gasteiger partial charge in [0.05, 0.1) is 40.4 Å². The number of carbonyl (C=O) groups excluding carboxylic acids is 1. The lowest BCUT2D eigenvalue weighted by molar-refractivity contribution is 0.0523. The summed E-state index contributed by atoms with van der Waals surface area (Å²) < 4.78 is 21.1.